The zero-order chi connectivity index (χ0) is 23.4. The molecule has 9 heteroatoms. The Kier molecular flexibility index (Phi) is 7.05. The highest BCUT2D eigenvalue weighted by atomic mass is 35.5. The number of rotatable bonds is 7. The van der Waals surface area contributed by atoms with Crippen molar-refractivity contribution in [2.24, 2.45) is 0 Å². The molecule has 1 aliphatic heterocycles. The van der Waals surface area contributed by atoms with Crippen molar-refractivity contribution < 1.29 is 19.0 Å². The van der Waals surface area contributed by atoms with Crippen LogP contribution in [0.15, 0.2) is 47.3 Å². The highest BCUT2D eigenvalue weighted by molar-refractivity contribution is 6.30. The Morgan fingerprint density at radius 1 is 1.18 bits per heavy atom. The van der Waals surface area contributed by atoms with E-state index in [1.807, 2.05) is 0 Å². The summed E-state index contributed by atoms with van der Waals surface area (Å²) in [4.78, 5) is 30.5. The van der Waals surface area contributed by atoms with Crippen LogP contribution in [0.1, 0.15) is 18.4 Å². The van der Waals surface area contributed by atoms with Gasteiger partial charge in [-0.15, -0.1) is 0 Å². The van der Waals surface area contributed by atoms with Crippen LogP contribution in [0.25, 0.3) is 10.9 Å². The SMILES string of the molecule is COc1cc2cc(CN(CC3CCCO3)C(=O)Nc3ccc(Cl)cc3)c(=O)[nH]c2cc1OC. The molecule has 1 unspecified atom stereocenters. The lowest BCUT2D eigenvalue weighted by atomic mass is 10.1. The second-order valence-corrected chi connectivity index (χ2v) is 8.31. The highest BCUT2D eigenvalue weighted by Gasteiger charge is 2.24. The number of aromatic nitrogens is 1. The van der Waals surface area contributed by atoms with Crippen LogP contribution in [0.4, 0.5) is 10.5 Å². The molecule has 0 saturated carbocycles. The predicted molar refractivity (Wildman–Crippen MR) is 128 cm³/mol. The molecule has 2 heterocycles. The minimum absolute atomic E-state index is 0.0649. The van der Waals surface area contributed by atoms with Gasteiger partial charge in [-0.1, -0.05) is 11.6 Å². The Morgan fingerprint density at radius 3 is 2.58 bits per heavy atom. The van der Waals surface area contributed by atoms with Gasteiger partial charge < -0.3 is 29.4 Å². The fourth-order valence-electron chi connectivity index (χ4n) is 3.89. The van der Waals surface area contributed by atoms with E-state index in [9.17, 15) is 9.59 Å². The Balaban J connectivity index is 1.62. The highest BCUT2D eigenvalue weighted by Crippen LogP contribution is 2.31. The van der Waals surface area contributed by atoms with Gasteiger partial charge in [0.1, 0.15) is 0 Å². The van der Waals surface area contributed by atoms with E-state index in [1.165, 1.54) is 0 Å². The molecule has 0 spiro atoms. The van der Waals surface area contributed by atoms with Gasteiger partial charge in [0.15, 0.2) is 11.5 Å². The summed E-state index contributed by atoms with van der Waals surface area (Å²) in [5, 5.41) is 4.24. The summed E-state index contributed by atoms with van der Waals surface area (Å²) in [6, 6.07) is 11.8. The summed E-state index contributed by atoms with van der Waals surface area (Å²) in [5.74, 6) is 1.08. The van der Waals surface area contributed by atoms with Gasteiger partial charge in [0, 0.05) is 40.9 Å². The van der Waals surface area contributed by atoms with Crippen molar-refractivity contribution in [1.82, 2.24) is 9.88 Å². The van der Waals surface area contributed by atoms with E-state index in [2.05, 4.69) is 10.3 Å². The minimum atomic E-state index is -0.320. The number of fused-ring (bicyclic) bond motifs is 1. The fraction of sp³-hybridized carbons (Fsp3) is 0.333. The van der Waals surface area contributed by atoms with Crippen LogP contribution < -0.4 is 20.3 Å². The van der Waals surface area contributed by atoms with Gasteiger partial charge in [0.25, 0.3) is 5.56 Å². The lowest BCUT2D eigenvalue weighted by Crippen LogP contribution is -2.40. The molecule has 0 radical (unpaired) electrons. The number of carbonyl (C=O) groups excluding carboxylic acids is 1. The number of pyridine rings is 1. The van der Waals surface area contributed by atoms with Crippen LogP contribution in [-0.4, -0.2) is 49.4 Å². The first-order valence-electron chi connectivity index (χ1n) is 10.7. The van der Waals surface area contributed by atoms with E-state index in [1.54, 1.807) is 61.6 Å². The Morgan fingerprint density at radius 2 is 1.91 bits per heavy atom. The van der Waals surface area contributed by atoms with Crippen molar-refractivity contribution in [3.05, 3.63) is 63.4 Å². The molecule has 4 rings (SSSR count). The summed E-state index contributed by atoms with van der Waals surface area (Å²) in [5.41, 5.74) is 1.43. The maximum absolute atomic E-state index is 13.1. The van der Waals surface area contributed by atoms with Crippen molar-refractivity contribution in [2.45, 2.75) is 25.5 Å². The average molecular weight is 472 g/mol. The molecular weight excluding hydrogens is 446 g/mol. The van der Waals surface area contributed by atoms with Crippen molar-refractivity contribution in [3.63, 3.8) is 0 Å². The van der Waals surface area contributed by atoms with Gasteiger partial charge in [0.05, 0.1) is 32.4 Å². The molecule has 0 aliphatic carbocycles. The number of anilines is 1. The van der Waals surface area contributed by atoms with E-state index in [0.717, 1.165) is 18.2 Å². The number of benzene rings is 2. The third kappa shape index (κ3) is 5.40. The van der Waals surface area contributed by atoms with E-state index >= 15 is 0 Å². The third-order valence-electron chi connectivity index (χ3n) is 5.62. The van der Waals surface area contributed by atoms with Crippen LogP contribution in [0.2, 0.25) is 5.02 Å². The number of hydrogen-bond donors (Lipinski definition) is 2. The quantitative estimate of drug-likeness (QED) is 0.532. The van der Waals surface area contributed by atoms with Gasteiger partial charge in [0.2, 0.25) is 0 Å². The van der Waals surface area contributed by atoms with E-state index < -0.39 is 0 Å². The van der Waals surface area contributed by atoms with Crippen LogP contribution in [0, 0.1) is 0 Å². The van der Waals surface area contributed by atoms with Crippen molar-refractivity contribution >= 4 is 34.2 Å². The number of H-pyrrole nitrogens is 1. The molecule has 1 saturated heterocycles. The number of urea groups is 1. The number of hydrogen-bond acceptors (Lipinski definition) is 5. The summed E-state index contributed by atoms with van der Waals surface area (Å²) in [6.45, 7) is 1.18. The molecule has 2 aromatic carbocycles. The lowest BCUT2D eigenvalue weighted by molar-refractivity contribution is 0.0818. The third-order valence-corrected chi connectivity index (χ3v) is 5.87. The fourth-order valence-corrected chi connectivity index (χ4v) is 4.02. The standard InChI is InChI=1S/C24H26ClN3O5/c1-31-21-11-15-10-16(23(29)27-20(15)12-22(21)32-2)13-28(14-19-4-3-9-33-19)24(30)26-18-7-5-17(25)6-8-18/h5-8,10-12,19H,3-4,9,13-14H2,1-2H3,(H,26,30)(H,27,29). The minimum Gasteiger partial charge on any atom is -0.493 e. The molecule has 1 fully saturated rings. The normalized spacial score (nSPS) is 15.4. The lowest BCUT2D eigenvalue weighted by Gasteiger charge is -2.26. The molecule has 1 atom stereocenters. The molecule has 2 N–H and O–H groups in total. The Bertz CT molecular complexity index is 1190. The number of nitrogens with one attached hydrogen (secondary N) is 2. The number of aromatic amines is 1. The molecule has 8 nitrogen and oxygen atoms in total. The summed E-state index contributed by atoms with van der Waals surface area (Å²) in [6.07, 6.45) is 1.76. The molecule has 3 aromatic rings. The van der Waals surface area contributed by atoms with Crippen molar-refractivity contribution in [1.29, 1.82) is 0 Å². The predicted octanol–water partition coefficient (Wildman–Crippen LogP) is 4.41. The number of methoxy groups -OCH3 is 2. The van der Waals surface area contributed by atoms with Gasteiger partial charge in [-0.2, -0.15) is 0 Å². The topological polar surface area (TPSA) is 92.9 Å². The number of nitrogens with zero attached hydrogens (tertiary/aromatic N) is 1. The van der Waals surface area contributed by atoms with Gasteiger partial charge in [-0.05, 0) is 49.2 Å². The molecule has 174 valence electrons. The van der Waals surface area contributed by atoms with Crippen molar-refractivity contribution in [3.8, 4) is 11.5 Å². The van der Waals surface area contributed by atoms with E-state index in [-0.39, 0.29) is 24.2 Å². The van der Waals surface area contributed by atoms with Gasteiger partial charge in [-0.3, -0.25) is 4.79 Å². The number of carbonyl (C=O) groups is 1. The number of halogens is 1. The Labute approximate surface area is 196 Å². The van der Waals surface area contributed by atoms with Crippen LogP contribution >= 0.6 is 11.6 Å². The molecule has 2 amide bonds. The van der Waals surface area contributed by atoms with Gasteiger partial charge in [-0.25, -0.2) is 4.79 Å². The first-order chi connectivity index (χ1) is 16.0. The molecule has 33 heavy (non-hydrogen) atoms. The maximum atomic E-state index is 13.1. The van der Waals surface area contributed by atoms with E-state index in [0.29, 0.717) is 46.4 Å². The van der Waals surface area contributed by atoms with Crippen LogP contribution in [-0.2, 0) is 11.3 Å². The first-order valence-corrected chi connectivity index (χ1v) is 11.1. The van der Waals surface area contributed by atoms with Crippen LogP contribution in [0.3, 0.4) is 0 Å². The zero-order valence-corrected chi connectivity index (χ0v) is 19.3. The summed E-state index contributed by atoms with van der Waals surface area (Å²) >= 11 is 5.94. The van der Waals surface area contributed by atoms with E-state index in [4.69, 9.17) is 25.8 Å². The van der Waals surface area contributed by atoms with Crippen molar-refractivity contribution in [2.75, 3.05) is 32.7 Å². The number of ether oxygens (including phenoxy) is 3. The summed E-state index contributed by atoms with van der Waals surface area (Å²) < 4.78 is 16.4. The zero-order valence-electron chi connectivity index (χ0n) is 18.5. The van der Waals surface area contributed by atoms with Gasteiger partial charge >= 0.3 is 6.03 Å². The smallest absolute Gasteiger partial charge is 0.322 e. The molecule has 0 bridgehead atoms. The largest absolute Gasteiger partial charge is 0.493 e. The maximum Gasteiger partial charge on any atom is 0.322 e. The summed E-state index contributed by atoms with van der Waals surface area (Å²) in [7, 11) is 3.10. The number of amides is 2. The monoisotopic (exact) mass is 471 g/mol. The second kappa shape index (κ2) is 10.1. The first kappa shape index (κ1) is 22.9. The Hall–Kier alpha value is -3.23. The molecule has 1 aliphatic rings. The average Bonchev–Trinajstić information content (AvgIpc) is 3.33. The molecular formula is C24H26ClN3O5. The van der Waals surface area contributed by atoms with Crippen LogP contribution in [0.5, 0.6) is 11.5 Å². The molecule has 1 aromatic heterocycles. The second-order valence-electron chi connectivity index (χ2n) is 7.87.